The monoisotopic (exact) mass is 248 g/mol. The van der Waals surface area contributed by atoms with Crippen molar-refractivity contribution < 1.29 is 13.6 Å². The van der Waals surface area contributed by atoms with Gasteiger partial charge >= 0.3 is 0 Å². The summed E-state index contributed by atoms with van der Waals surface area (Å²) in [4.78, 5) is 17.1. The Morgan fingerprint density at radius 3 is 2.50 bits per heavy atom. The molecule has 5 heteroatoms. The van der Waals surface area contributed by atoms with Crippen molar-refractivity contribution in [2.24, 2.45) is 0 Å². The van der Waals surface area contributed by atoms with E-state index in [0.29, 0.717) is 5.69 Å². The van der Waals surface area contributed by atoms with Crippen LogP contribution in [0.5, 0.6) is 0 Å². The summed E-state index contributed by atoms with van der Waals surface area (Å²) in [6.45, 7) is 0. The quantitative estimate of drug-likeness (QED) is 0.818. The van der Waals surface area contributed by atoms with Crippen molar-refractivity contribution in [1.82, 2.24) is 4.98 Å². The number of anilines is 1. The van der Waals surface area contributed by atoms with E-state index >= 15 is 0 Å². The smallest absolute Gasteiger partial charge is 0.261 e. The summed E-state index contributed by atoms with van der Waals surface area (Å²) in [7, 11) is 1.49. The molecule has 1 aromatic heterocycles. The number of benzene rings is 1. The van der Waals surface area contributed by atoms with Gasteiger partial charge in [0.05, 0.1) is 5.56 Å². The molecular weight excluding hydrogens is 238 g/mol. The number of hydrogen-bond donors (Lipinski definition) is 0. The highest BCUT2D eigenvalue weighted by Crippen LogP contribution is 2.17. The Bertz CT molecular complexity index is 572. The Labute approximate surface area is 103 Å². The molecule has 1 heterocycles. The van der Waals surface area contributed by atoms with Gasteiger partial charge in [0.25, 0.3) is 5.91 Å². The number of pyridine rings is 1. The Hall–Kier alpha value is -2.30. The van der Waals surface area contributed by atoms with E-state index in [-0.39, 0.29) is 5.56 Å². The lowest BCUT2D eigenvalue weighted by Gasteiger charge is -2.17. The molecule has 0 spiro atoms. The molecule has 0 saturated heterocycles. The van der Waals surface area contributed by atoms with Crippen LogP contribution >= 0.6 is 0 Å². The van der Waals surface area contributed by atoms with Gasteiger partial charge in [0.1, 0.15) is 0 Å². The van der Waals surface area contributed by atoms with Crippen molar-refractivity contribution in [3.63, 3.8) is 0 Å². The first kappa shape index (κ1) is 12.2. The van der Waals surface area contributed by atoms with Crippen LogP contribution in [0.1, 0.15) is 10.4 Å². The van der Waals surface area contributed by atoms with E-state index in [9.17, 15) is 13.6 Å². The first-order valence-corrected chi connectivity index (χ1v) is 5.23. The minimum absolute atomic E-state index is 0.297. The maximum atomic E-state index is 13.5. The van der Waals surface area contributed by atoms with Crippen molar-refractivity contribution in [1.29, 1.82) is 0 Å². The maximum absolute atomic E-state index is 13.5. The van der Waals surface area contributed by atoms with E-state index in [1.54, 1.807) is 12.1 Å². The largest absolute Gasteiger partial charge is 0.311 e. The summed E-state index contributed by atoms with van der Waals surface area (Å²) in [6.07, 6.45) is 3.03. The van der Waals surface area contributed by atoms with E-state index in [4.69, 9.17) is 0 Å². The van der Waals surface area contributed by atoms with Gasteiger partial charge in [-0.25, -0.2) is 8.78 Å². The zero-order valence-electron chi connectivity index (χ0n) is 9.60. The number of aromatic nitrogens is 1. The number of nitrogens with zero attached hydrogens (tertiary/aromatic N) is 2. The zero-order valence-corrected chi connectivity index (χ0v) is 9.60. The summed E-state index contributed by atoms with van der Waals surface area (Å²) in [5, 5.41) is 0. The zero-order chi connectivity index (χ0) is 13.1. The van der Waals surface area contributed by atoms with Crippen LogP contribution in [0.4, 0.5) is 14.5 Å². The van der Waals surface area contributed by atoms with E-state index in [0.717, 1.165) is 6.07 Å². The molecule has 92 valence electrons. The fourth-order valence-corrected chi connectivity index (χ4v) is 1.53. The van der Waals surface area contributed by atoms with E-state index < -0.39 is 17.5 Å². The van der Waals surface area contributed by atoms with E-state index in [1.807, 2.05) is 0 Å². The van der Waals surface area contributed by atoms with Gasteiger partial charge in [-0.05, 0) is 24.3 Å². The van der Waals surface area contributed by atoms with Gasteiger partial charge in [0.15, 0.2) is 11.6 Å². The van der Waals surface area contributed by atoms with Crippen molar-refractivity contribution in [2.75, 3.05) is 11.9 Å². The van der Waals surface area contributed by atoms with Crippen LogP contribution in [0.15, 0.2) is 42.7 Å². The van der Waals surface area contributed by atoms with Crippen molar-refractivity contribution in [3.05, 3.63) is 59.9 Å². The number of rotatable bonds is 2. The third kappa shape index (κ3) is 2.20. The number of carbonyl (C=O) groups is 1. The molecular formula is C13H10F2N2O. The molecule has 0 aliphatic rings. The molecule has 18 heavy (non-hydrogen) atoms. The molecule has 0 radical (unpaired) electrons. The third-order valence-electron chi connectivity index (χ3n) is 2.54. The lowest BCUT2D eigenvalue weighted by molar-refractivity contribution is 0.0988. The van der Waals surface area contributed by atoms with Gasteiger partial charge in [0, 0.05) is 25.1 Å². The fourth-order valence-electron chi connectivity index (χ4n) is 1.53. The molecule has 2 rings (SSSR count). The molecule has 0 atom stereocenters. The molecule has 1 amide bonds. The normalized spacial score (nSPS) is 10.2. The lowest BCUT2D eigenvalue weighted by Crippen LogP contribution is -2.27. The van der Waals surface area contributed by atoms with Crippen LogP contribution in [0.25, 0.3) is 0 Å². The fraction of sp³-hybridized carbons (Fsp3) is 0.0769. The molecule has 0 bridgehead atoms. The third-order valence-corrected chi connectivity index (χ3v) is 2.54. The van der Waals surface area contributed by atoms with Crippen molar-refractivity contribution >= 4 is 11.6 Å². The molecule has 0 aliphatic carbocycles. The Kier molecular flexibility index (Phi) is 3.32. The summed E-state index contributed by atoms with van der Waals surface area (Å²) < 4.78 is 26.5. The van der Waals surface area contributed by atoms with Crippen LogP contribution in [0.3, 0.4) is 0 Å². The minimum atomic E-state index is -1.14. The molecule has 1 aromatic carbocycles. The lowest BCUT2D eigenvalue weighted by atomic mass is 10.1. The second kappa shape index (κ2) is 4.91. The molecule has 0 unspecified atom stereocenters. The van der Waals surface area contributed by atoms with E-state index in [1.165, 1.54) is 36.5 Å². The highest BCUT2D eigenvalue weighted by Gasteiger charge is 2.19. The average molecular weight is 248 g/mol. The molecule has 0 saturated carbocycles. The summed E-state index contributed by atoms with van der Waals surface area (Å²) >= 11 is 0. The Morgan fingerprint density at radius 1 is 1.17 bits per heavy atom. The van der Waals surface area contributed by atoms with Gasteiger partial charge in [-0.2, -0.15) is 0 Å². The predicted octanol–water partition coefficient (Wildman–Crippen LogP) is 2.64. The highest BCUT2D eigenvalue weighted by atomic mass is 19.2. The number of hydrogen-bond acceptors (Lipinski definition) is 2. The molecule has 0 fully saturated rings. The predicted molar refractivity (Wildman–Crippen MR) is 63.3 cm³/mol. The molecule has 3 nitrogen and oxygen atoms in total. The molecule has 2 aromatic rings. The number of amides is 1. The van der Waals surface area contributed by atoms with Crippen LogP contribution in [0.2, 0.25) is 0 Å². The topological polar surface area (TPSA) is 33.2 Å². The van der Waals surface area contributed by atoms with Crippen molar-refractivity contribution in [3.8, 4) is 0 Å². The second-order valence-corrected chi connectivity index (χ2v) is 3.67. The van der Waals surface area contributed by atoms with Gasteiger partial charge < -0.3 is 4.90 Å². The first-order valence-electron chi connectivity index (χ1n) is 5.23. The Balaban J connectivity index is 2.35. The maximum Gasteiger partial charge on any atom is 0.261 e. The van der Waals surface area contributed by atoms with Gasteiger partial charge in [-0.15, -0.1) is 0 Å². The highest BCUT2D eigenvalue weighted by molar-refractivity contribution is 6.05. The minimum Gasteiger partial charge on any atom is -0.311 e. The SMILES string of the molecule is CN(C(=O)c1cccc(F)c1F)c1ccncc1. The number of halogens is 2. The standard InChI is InChI=1S/C13H10F2N2O/c1-17(9-5-7-16-8-6-9)13(18)10-3-2-4-11(14)12(10)15/h2-8H,1H3. The van der Waals surface area contributed by atoms with Crippen LogP contribution in [-0.2, 0) is 0 Å². The van der Waals surface area contributed by atoms with Gasteiger partial charge in [-0.3, -0.25) is 9.78 Å². The van der Waals surface area contributed by atoms with Crippen molar-refractivity contribution in [2.45, 2.75) is 0 Å². The first-order chi connectivity index (χ1) is 8.61. The number of carbonyl (C=O) groups excluding carboxylic acids is 1. The molecule has 0 aliphatic heterocycles. The summed E-state index contributed by atoms with van der Waals surface area (Å²) in [5.41, 5.74) is 0.257. The summed E-state index contributed by atoms with van der Waals surface area (Å²) in [5.74, 6) is -2.79. The van der Waals surface area contributed by atoms with Gasteiger partial charge in [-0.1, -0.05) is 6.07 Å². The Morgan fingerprint density at radius 2 is 1.83 bits per heavy atom. The summed E-state index contributed by atoms with van der Waals surface area (Å²) in [6, 6.07) is 6.73. The second-order valence-electron chi connectivity index (χ2n) is 3.67. The van der Waals surface area contributed by atoms with Crippen LogP contribution < -0.4 is 4.90 Å². The van der Waals surface area contributed by atoms with Crippen LogP contribution in [-0.4, -0.2) is 17.9 Å². The van der Waals surface area contributed by atoms with Crippen LogP contribution in [0, 0.1) is 11.6 Å². The van der Waals surface area contributed by atoms with Gasteiger partial charge in [0.2, 0.25) is 0 Å². The van der Waals surface area contributed by atoms with E-state index in [2.05, 4.69) is 4.98 Å². The average Bonchev–Trinajstić information content (AvgIpc) is 2.41. The molecule has 0 N–H and O–H groups in total.